The predicted molar refractivity (Wildman–Crippen MR) is 60.5 cm³/mol. The van der Waals surface area contributed by atoms with Gasteiger partial charge < -0.3 is 9.84 Å². The Morgan fingerprint density at radius 1 is 1.41 bits per heavy atom. The molecule has 1 atom stereocenters. The standard InChI is InChI=1S/C11H14N4O2/c1-3-15-9(4-5-14-15)10(16)8-6-12-11(17-2)13-7-8/h4-7,10,16H,3H2,1-2H3. The van der Waals surface area contributed by atoms with Crippen LogP contribution >= 0.6 is 0 Å². The summed E-state index contributed by atoms with van der Waals surface area (Å²) in [5.41, 5.74) is 1.34. The van der Waals surface area contributed by atoms with Gasteiger partial charge in [0, 0.05) is 30.7 Å². The van der Waals surface area contributed by atoms with Gasteiger partial charge >= 0.3 is 6.01 Å². The van der Waals surface area contributed by atoms with Crippen molar-refractivity contribution in [3.63, 3.8) is 0 Å². The minimum atomic E-state index is -0.775. The van der Waals surface area contributed by atoms with Crippen molar-refractivity contribution in [2.24, 2.45) is 0 Å². The quantitative estimate of drug-likeness (QED) is 0.846. The molecule has 0 aromatic carbocycles. The third-order valence-electron chi connectivity index (χ3n) is 2.48. The molecule has 2 aromatic rings. The second-order valence-corrected chi connectivity index (χ2v) is 3.48. The summed E-state index contributed by atoms with van der Waals surface area (Å²) in [5, 5.41) is 14.3. The lowest BCUT2D eigenvalue weighted by Gasteiger charge is -2.12. The number of nitrogens with zero attached hydrogens (tertiary/aromatic N) is 4. The van der Waals surface area contributed by atoms with Gasteiger partial charge in [-0.3, -0.25) is 4.68 Å². The van der Waals surface area contributed by atoms with Crippen molar-refractivity contribution in [1.82, 2.24) is 19.7 Å². The third-order valence-corrected chi connectivity index (χ3v) is 2.48. The summed E-state index contributed by atoms with van der Waals surface area (Å²) in [6, 6.07) is 2.06. The third kappa shape index (κ3) is 2.26. The highest BCUT2D eigenvalue weighted by Gasteiger charge is 2.15. The Labute approximate surface area is 98.9 Å². The zero-order valence-corrected chi connectivity index (χ0v) is 9.74. The molecule has 2 rings (SSSR count). The molecule has 2 aromatic heterocycles. The fourth-order valence-electron chi connectivity index (χ4n) is 1.58. The Kier molecular flexibility index (Phi) is 3.34. The molecule has 0 bridgehead atoms. The van der Waals surface area contributed by atoms with Crippen LogP contribution in [-0.4, -0.2) is 32.0 Å². The van der Waals surface area contributed by atoms with Gasteiger partial charge in [0.2, 0.25) is 0 Å². The van der Waals surface area contributed by atoms with Crippen molar-refractivity contribution < 1.29 is 9.84 Å². The summed E-state index contributed by atoms with van der Waals surface area (Å²) in [4.78, 5) is 7.92. The minimum absolute atomic E-state index is 0.282. The van der Waals surface area contributed by atoms with Gasteiger partial charge in [-0.2, -0.15) is 5.10 Å². The number of aliphatic hydroxyl groups is 1. The van der Waals surface area contributed by atoms with E-state index in [1.54, 1.807) is 29.3 Å². The molecule has 0 saturated carbocycles. The summed E-state index contributed by atoms with van der Waals surface area (Å²) in [5.74, 6) is 0. The molecule has 90 valence electrons. The van der Waals surface area contributed by atoms with Gasteiger partial charge in [0.05, 0.1) is 12.8 Å². The van der Waals surface area contributed by atoms with Gasteiger partial charge in [0.15, 0.2) is 0 Å². The number of aliphatic hydroxyl groups excluding tert-OH is 1. The van der Waals surface area contributed by atoms with Gasteiger partial charge in [0.1, 0.15) is 6.10 Å². The maximum absolute atomic E-state index is 10.2. The molecule has 0 spiro atoms. The van der Waals surface area contributed by atoms with Crippen LogP contribution < -0.4 is 4.74 Å². The number of methoxy groups -OCH3 is 1. The lowest BCUT2D eigenvalue weighted by Crippen LogP contribution is -2.09. The Hall–Kier alpha value is -1.95. The zero-order chi connectivity index (χ0) is 12.3. The first-order valence-electron chi connectivity index (χ1n) is 5.32. The van der Waals surface area contributed by atoms with E-state index in [0.29, 0.717) is 12.1 Å². The summed E-state index contributed by atoms with van der Waals surface area (Å²) in [6.45, 7) is 2.67. The van der Waals surface area contributed by atoms with Crippen molar-refractivity contribution in [3.05, 3.63) is 35.9 Å². The number of hydrogen-bond acceptors (Lipinski definition) is 5. The Morgan fingerprint density at radius 3 is 2.71 bits per heavy atom. The summed E-state index contributed by atoms with van der Waals surface area (Å²) in [6.07, 6.45) is 3.97. The first-order chi connectivity index (χ1) is 8.26. The molecular formula is C11H14N4O2. The van der Waals surface area contributed by atoms with E-state index < -0.39 is 6.10 Å². The normalized spacial score (nSPS) is 12.4. The monoisotopic (exact) mass is 234 g/mol. The lowest BCUT2D eigenvalue weighted by atomic mass is 10.1. The van der Waals surface area contributed by atoms with Crippen molar-refractivity contribution in [3.8, 4) is 6.01 Å². The van der Waals surface area contributed by atoms with Crippen LogP contribution in [0.2, 0.25) is 0 Å². The smallest absolute Gasteiger partial charge is 0.316 e. The molecule has 0 saturated heterocycles. The molecule has 6 nitrogen and oxygen atoms in total. The predicted octanol–water partition coefficient (Wildman–Crippen LogP) is 0.783. The van der Waals surface area contributed by atoms with Crippen molar-refractivity contribution in [1.29, 1.82) is 0 Å². The van der Waals surface area contributed by atoms with Crippen molar-refractivity contribution in [2.75, 3.05) is 7.11 Å². The highest BCUT2D eigenvalue weighted by atomic mass is 16.5. The molecule has 6 heteroatoms. The van der Waals surface area contributed by atoms with E-state index in [1.807, 2.05) is 6.92 Å². The minimum Gasteiger partial charge on any atom is -0.467 e. The number of ether oxygens (including phenoxy) is 1. The van der Waals surface area contributed by atoms with Crippen LogP contribution in [0.25, 0.3) is 0 Å². The average molecular weight is 234 g/mol. The average Bonchev–Trinajstić information content (AvgIpc) is 2.86. The van der Waals surface area contributed by atoms with Crippen LogP contribution in [0.5, 0.6) is 6.01 Å². The van der Waals surface area contributed by atoms with Gasteiger partial charge in [-0.15, -0.1) is 0 Å². The molecule has 0 amide bonds. The SMILES string of the molecule is CCn1nccc1C(O)c1cnc(OC)nc1. The van der Waals surface area contributed by atoms with E-state index in [9.17, 15) is 5.11 Å². The molecular weight excluding hydrogens is 220 g/mol. The summed E-state index contributed by atoms with van der Waals surface area (Å²) in [7, 11) is 1.50. The van der Waals surface area contributed by atoms with Gasteiger partial charge in [-0.1, -0.05) is 0 Å². The lowest BCUT2D eigenvalue weighted by molar-refractivity contribution is 0.206. The molecule has 0 fully saturated rings. The maximum atomic E-state index is 10.2. The van der Waals surface area contributed by atoms with E-state index in [4.69, 9.17) is 4.74 Å². The molecule has 1 N–H and O–H groups in total. The summed E-state index contributed by atoms with van der Waals surface area (Å²) >= 11 is 0. The second kappa shape index (κ2) is 4.92. The second-order valence-electron chi connectivity index (χ2n) is 3.48. The first-order valence-corrected chi connectivity index (χ1v) is 5.32. The van der Waals surface area contributed by atoms with Crippen LogP contribution in [0.4, 0.5) is 0 Å². The van der Waals surface area contributed by atoms with Crippen LogP contribution in [0.1, 0.15) is 24.3 Å². The van der Waals surface area contributed by atoms with E-state index >= 15 is 0 Å². The van der Waals surface area contributed by atoms with Crippen molar-refractivity contribution in [2.45, 2.75) is 19.6 Å². The molecule has 0 aliphatic rings. The zero-order valence-electron chi connectivity index (χ0n) is 9.74. The van der Waals surface area contributed by atoms with Crippen LogP contribution in [0.15, 0.2) is 24.7 Å². The fraction of sp³-hybridized carbons (Fsp3) is 0.364. The molecule has 1 unspecified atom stereocenters. The van der Waals surface area contributed by atoms with E-state index in [-0.39, 0.29) is 6.01 Å². The Morgan fingerprint density at radius 2 is 2.12 bits per heavy atom. The van der Waals surface area contributed by atoms with E-state index in [1.165, 1.54) is 7.11 Å². The Balaban J connectivity index is 2.27. The van der Waals surface area contributed by atoms with E-state index in [2.05, 4.69) is 15.1 Å². The first kappa shape index (κ1) is 11.5. The molecule has 0 radical (unpaired) electrons. The van der Waals surface area contributed by atoms with Crippen LogP contribution in [-0.2, 0) is 6.54 Å². The highest BCUT2D eigenvalue weighted by Crippen LogP contribution is 2.20. The molecule has 0 aliphatic heterocycles. The Bertz CT molecular complexity index is 480. The highest BCUT2D eigenvalue weighted by molar-refractivity contribution is 5.21. The number of hydrogen-bond donors (Lipinski definition) is 1. The fourth-order valence-corrected chi connectivity index (χ4v) is 1.58. The van der Waals surface area contributed by atoms with E-state index in [0.717, 1.165) is 5.69 Å². The number of aryl methyl sites for hydroxylation is 1. The molecule has 2 heterocycles. The van der Waals surface area contributed by atoms with Crippen LogP contribution in [0, 0.1) is 0 Å². The number of aromatic nitrogens is 4. The maximum Gasteiger partial charge on any atom is 0.316 e. The molecule has 17 heavy (non-hydrogen) atoms. The topological polar surface area (TPSA) is 73.1 Å². The largest absolute Gasteiger partial charge is 0.467 e. The van der Waals surface area contributed by atoms with Crippen LogP contribution in [0.3, 0.4) is 0 Å². The summed E-state index contributed by atoms with van der Waals surface area (Å²) < 4.78 is 6.59. The van der Waals surface area contributed by atoms with Gasteiger partial charge in [-0.25, -0.2) is 9.97 Å². The van der Waals surface area contributed by atoms with Gasteiger partial charge in [-0.05, 0) is 13.0 Å². The van der Waals surface area contributed by atoms with Gasteiger partial charge in [0.25, 0.3) is 0 Å². The van der Waals surface area contributed by atoms with Crippen molar-refractivity contribution >= 4 is 0 Å². The molecule has 0 aliphatic carbocycles. The number of rotatable bonds is 4.